The third-order valence-corrected chi connectivity index (χ3v) is 3.16. The van der Waals surface area contributed by atoms with Crippen molar-refractivity contribution in [3.8, 4) is 0 Å². The Morgan fingerprint density at radius 3 is 2.89 bits per heavy atom. The maximum absolute atomic E-state index is 11.1. The molecule has 7 heteroatoms. The van der Waals surface area contributed by atoms with Crippen LogP contribution in [0.3, 0.4) is 0 Å². The minimum Gasteiger partial charge on any atom is -0.388 e. The molecule has 0 bridgehead atoms. The molecular weight excluding hydrogens is 248 g/mol. The van der Waals surface area contributed by atoms with Gasteiger partial charge in [-0.25, -0.2) is 4.98 Å². The van der Waals surface area contributed by atoms with Crippen LogP contribution in [0.2, 0.25) is 0 Å². The number of hydrogen-bond acceptors (Lipinski definition) is 6. The molecule has 1 saturated heterocycles. The number of anilines is 2. The minimum atomic E-state index is -0.816. The van der Waals surface area contributed by atoms with Gasteiger partial charge in [-0.2, -0.15) is 0 Å². The predicted octanol–water partition coefficient (Wildman–Crippen LogP) is 1.38. The summed E-state index contributed by atoms with van der Waals surface area (Å²) in [6, 6.07) is 3.05. The third-order valence-electron chi connectivity index (χ3n) is 3.16. The number of β-amino-alcohol motifs (C(OH)–C–C–N with tert-alkyl or cyclic N) is 1. The predicted molar refractivity (Wildman–Crippen MR) is 72.5 cm³/mol. The van der Waals surface area contributed by atoms with Crippen LogP contribution in [0.1, 0.15) is 20.3 Å². The average Bonchev–Trinajstić information content (AvgIpc) is 2.69. The van der Waals surface area contributed by atoms with E-state index in [1.165, 1.54) is 6.07 Å². The van der Waals surface area contributed by atoms with Gasteiger partial charge in [0.2, 0.25) is 5.82 Å². The fourth-order valence-corrected chi connectivity index (χ4v) is 2.22. The highest BCUT2D eigenvalue weighted by Crippen LogP contribution is 2.32. The van der Waals surface area contributed by atoms with Crippen molar-refractivity contribution in [3.05, 3.63) is 22.2 Å². The van der Waals surface area contributed by atoms with Gasteiger partial charge in [-0.15, -0.1) is 0 Å². The van der Waals surface area contributed by atoms with Crippen LogP contribution in [-0.4, -0.2) is 40.2 Å². The van der Waals surface area contributed by atoms with E-state index in [4.69, 9.17) is 0 Å². The highest BCUT2D eigenvalue weighted by atomic mass is 16.6. The average molecular weight is 266 g/mol. The SMILES string of the molecule is CCNc1ccc([N+](=O)[O-])c(N2CCC(C)(O)C2)n1. The molecule has 0 saturated carbocycles. The molecule has 1 aliphatic rings. The lowest BCUT2D eigenvalue weighted by Gasteiger charge is -2.20. The molecule has 1 fully saturated rings. The summed E-state index contributed by atoms with van der Waals surface area (Å²) in [7, 11) is 0. The van der Waals surface area contributed by atoms with E-state index >= 15 is 0 Å². The second-order valence-electron chi connectivity index (χ2n) is 5.00. The summed E-state index contributed by atoms with van der Waals surface area (Å²) in [6.45, 7) is 5.28. The van der Waals surface area contributed by atoms with Crippen molar-refractivity contribution in [2.45, 2.75) is 25.9 Å². The van der Waals surface area contributed by atoms with Gasteiger partial charge in [0.05, 0.1) is 10.5 Å². The number of rotatable bonds is 4. The number of pyridine rings is 1. The zero-order valence-electron chi connectivity index (χ0n) is 11.1. The number of nitro groups is 1. The molecule has 1 atom stereocenters. The Morgan fingerprint density at radius 1 is 1.63 bits per heavy atom. The third kappa shape index (κ3) is 2.93. The van der Waals surface area contributed by atoms with Crippen LogP contribution < -0.4 is 10.2 Å². The molecule has 0 aliphatic carbocycles. The summed E-state index contributed by atoms with van der Waals surface area (Å²) in [4.78, 5) is 16.7. The van der Waals surface area contributed by atoms with Crippen molar-refractivity contribution in [3.63, 3.8) is 0 Å². The maximum atomic E-state index is 11.1. The van der Waals surface area contributed by atoms with Gasteiger partial charge < -0.3 is 15.3 Å². The molecule has 0 aromatic carbocycles. The molecule has 0 radical (unpaired) electrons. The smallest absolute Gasteiger partial charge is 0.311 e. The molecule has 2 rings (SSSR count). The molecule has 7 nitrogen and oxygen atoms in total. The van der Waals surface area contributed by atoms with Crippen LogP contribution in [-0.2, 0) is 0 Å². The summed E-state index contributed by atoms with van der Waals surface area (Å²) in [6.07, 6.45) is 0.581. The van der Waals surface area contributed by atoms with Gasteiger partial charge in [0.25, 0.3) is 0 Å². The molecular formula is C12H18N4O3. The number of aliphatic hydroxyl groups is 1. The summed E-state index contributed by atoms with van der Waals surface area (Å²) < 4.78 is 0. The summed E-state index contributed by atoms with van der Waals surface area (Å²) in [5.74, 6) is 0.927. The fourth-order valence-electron chi connectivity index (χ4n) is 2.22. The molecule has 2 N–H and O–H groups in total. The van der Waals surface area contributed by atoms with E-state index in [1.54, 1.807) is 17.9 Å². The number of nitrogens with zero attached hydrogens (tertiary/aromatic N) is 3. The van der Waals surface area contributed by atoms with Gasteiger partial charge in [0, 0.05) is 25.7 Å². The Labute approximate surface area is 111 Å². The summed E-state index contributed by atoms with van der Waals surface area (Å²) >= 11 is 0. The van der Waals surface area contributed by atoms with Crippen molar-refractivity contribution >= 4 is 17.3 Å². The highest BCUT2D eigenvalue weighted by Gasteiger charge is 2.35. The molecule has 19 heavy (non-hydrogen) atoms. The van der Waals surface area contributed by atoms with Gasteiger partial charge in [0.15, 0.2) is 0 Å². The maximum Gasteiger partial charge on any atom is 0.311 e. The standard InChI is InChI=1S/C12H18N4O3/c1-3-13-10-5-4-9(16(18)19)11(14-10)15-7-6-12(2,17)8-15/h4-5,17H,3,6-8H2,1-2H3,(H,13,14). The van der Waals surface area contributed by atoms with Gasteiger partial charge in [0.1, 0.15) is 5.82 Å². The fraction of sp³-hybridized carbons (Fsp3) is 0.583. The van der Waals surface area contributed by atoms with Gasteiger partial charge in [-0.3, -0.25) is 10.1 Å². The molecule has 1 aliphatic heterocycles. The van der Waals surface area contributed by atoms with Crippen LogP contribution >= 0.6 is 0 Å². The van der Waals surface area contributed by atoms with Crippen molar-refractivity contribution in [2.75, 3.05) is 29.9 Å². The lowest BCUT2D eigenvalue weighted by atomic mass is 10.1. The van der Waals surface area contributed by atoms with Crippen LogP contribution in [0.4, 0.5) is 17.3 Å². The van der Waals surface area contributed by atoms with E-state index in [0.717, 1.165) is 0 Å². The Hall–Kier alpha value is -1.89. The first-order valence-electron chi connectivity index (χ1n) is 6.29. The van der Waals surface area contributed by atoms with Crippen LogP contribution in [0.25, 0.3) is 0 Å². The Kier molecular flexibility index (Phi) is 3.57. The number of nitrogens with one attached hydrogen (secondary N) is 1. The minimum absolute atomic E-state index is 0.0284. The molecule has 2 heterocycles. The van der Waals surface area contributed by atoms with Gasteiger partial charge >= 0.3 is 5.69 Å². The lowest BCUT2D eigenvalue weighted by Crippen LogP contribution is -2.30. The lowest BCUT2D eigenvalue weighted by molar-refractivity contribution is -0.384. The zero-order valence-corrected chi connectivity index (χ0v) is 11.1. The van der Waals surface area contributed by atoms with Crippen molar-refractivity contribution in [1.29, 1.82) is 0 Å². The highest BCUT2D eigenvalue weighted by molar-refractivity contribution is 5.62. The normalized spacial score (nSPS) is 22.6. The van der Waals surface area contributed by atoms with Crippen LogP contribution in [0.15, 0.2) is 12.1 Å². The largest absolute Gasteiger partial charge is 0.388 e. The van der Waals surface area contributed by atoms with Crippen LogP contribution in [0.5, 0.6) is 0 Å². The Balaban J connectivity index is 2.35. The summed E-state index contributed by atoms with van der Waals surface area (Å²) in [5.41, 5.74) is -0.844. The zero-order chi connectivity index (χ0) is 14.0. The van der Waals surface area contributed by atoms with Crippen molar-refractivity contribution < 1.29 is 10.0 Å². The van der Waals surface area contributed by atoms with Crippen molar-refractivity contribution in [2.24, 2.45) is 0 Å². The Morgan fingerprint density at radius 2 is 2.37 bits per heavy atom. The first kappa shape index (κ1) is 13.5. The summed E-state index contributed by atoms with van der Waals surface area (Å²) in [5, 5.41) is 24.1. The molecule has 104 valence electrons. The first-order valence-corrected chi connectivity index (χ1v) is 6.29. The monoisotopic (exact) mass is 266 g/mol. The number of aromatic nitrogens is 1. The van der Waals surface area contributed by atoms with E-state index in [9.17, 15) is 15.2 Å². The van der Waals surface area contributed by atoms with Gasteiger partial charge in [-0.1, -0.05) is 0 Å². The molecule has 1 aromatic heterocycles. The van der Waals surface area contributed by atoms with Crippen molar-refractivity contribution in [1.82, 2.24) is 4.98 Å². The van der Waals surface area contributed by atoms with E-state index in [1.807, 2.05) is 6.92 Å². The van der Waals surface area contributed by atoms with E-state index in [2.05, 4.69) is 10.3 Å². The molecule has 1 aromatic rings. The topological polar surface area (TPSA) is 91.5 Å². The van der Waals surface area contributed by atoms with Crippen LogP contribution in [0, 0.1) is 10.1 Å². The van der Waals surface area contributed by atoms with Gasteiger partial charge in [-0.05, 0) is 26.3 Å². The first-order chi connectivity index (χ1) is 8.93. The molecule has 0 amide bonds. The molecule has 0 spiro atoms. The van der Waals surface area contributed by atoms with E-state index < -0.39 is 10.5 Å². The second kappa shape index (κ2) is 5.00. The van der Waals surface area contributed by atoms with E-state index in [0.29, 0.717) is 37.7 Å². The second-order valence-corrected chi connectivity index (χ2v) is 5.00. The molecule has 1 unspecified atom stereocenters. The quantitative estimate of drug-likeness (QED) is 0.632. The Bertz CT molecular complexity index is 490. The van der Waals surface area contributed by atoms with E-state index in [-0.39, 0.29) is 5.69 Å². The number of hydrogen-bond donors (Lipinski definition) is 2.